The molecular formula is C14H17BrN2O2. The van der Waals surface area contributed by atoms with Crippen LogP contribution in [0, 0.1) is 0 Å². The molecule has 19 heavy (non-hydrogen) atoms. The van der Waals surface area contributed by atoms with Gasteiger partial charge in [0.2, 0.25) is 0 Å². The van der Waals surface area contributed by atoms with Gasteiger partial charge in [-0.1, -0.05) is 28.1 Å². The number of hydrogen-bond donors (Lipinski definition) is 0. The van der Waals surface area contributed by atoms with Crippen molar-refractivity contribution in [3.8, 4) is 0 Å². The maximum atomic E-state index is 5.99. The number of benzene rings is 1. The van der Waals surface area contributed by atoms with Crippen molar-refractivity contribution in [2.24, 2.45) is 0 Å². The number of anilines is 1. The number of ether oxygens (including phenoxy) is 1. The first-order chi connectivity index (χ1) is 9.07. The SMILES string of the molecule is CC1(C)CN(c2nc3ccccc3o2)CC(CBr)O1. The molecule has 0 bridgehead atoms. The molecule has 1 atom stereocenters. The summed E-state index contributed by atoms with van der Waals surface area (Å²) in [6, 6.07) is 8.53. The molecule has 3 rings (SSSR count). The van der Waals surface area contributed by atoms with E-state index >= 15 is 0 Å². The zero-order valence-corrected chi connectivity index (χ0v) is 12.7. The number of para-hydroxylation sites is 2. The molecule has 1 aromatic carbocycles. The predicted octanol–water partition coefficient (Wildman–Crippen LogP) is 3.21. The number of alkyl halides is 1. The van der Waals surface area contributed by atoms with Crippen molar-refractivity contribution in [3.05, 3.63) is 24.3 Å². The zero-order valence-electron chi connectivity index (χ0n) is 11.1. The second-order valence-electron chi connectivity index (χ2n) is 5.50. The molecule has 0 N–H and O–H groups in total. The number of hydrogen-bond acceptors (Lipinski definition) is 4. The van der Waals surface area contributed by atoms with E-state index in [0.717, 1.165) is 29.5 Å². The van der Waals surface area contributed by atoms with Crippen LogP contribution in [0.4, 0.5) is 6.01 Å². The predicted molar refractivity (Wildman–Crippen MR) is 79.0 cm³/mol. The highest BCUT2D eigenvalue weighted by Gasteiger charge is 2.34. The van der Waals surface area contributed by atoms with Gasteiger partial charge in [0, 0.05) is 11.9 Å². The van der Waals surface area contributed by atoms with Crippen LogP contribution in [0.1, 0.15) is 13.8 Å². The molecule has 1 unspecified atom stereocenters. The highest BCUT2D eigenvalue weighted by Crippen LogP contribution is 2.28. The molecule has 102 valence electrons. The third kappa shape index (κ3) is 2.62. The van der Waals surface area contributed by atoms with Gasteiger partial charge in [-0.05, 0) is 26.0 Å². The molecule has 1 aromatic heterocycles. The lowest BCUT2D eigenvalue weighted by atomic mass is 10.1. The summed E-state index contributed by atoms with van der Waals surface area (Å²) >= 11 is 3.49. The first kappa shape index (κ1) is 12.9. The van der Waals surface area contributed by atoms with Gasteiger partial charge in [0.25, 0.3) is 6.01 Å². The topological polar surface area (TPSA) is 38.5 Å². The molecule has 1 saturated heterocycles. The molecular weight excluding hydrogens is 308 g/mol. The van der Waals surface area contributed by atoms with Crippen molar-refractivity contribution in [2.75, 3.05) is 23.3 Å². The molecule has 2 aromatic rings. The second kappa shape index (κ2) is 4.80. The Bertz CT molecular complexity index is 549. The quantitative estimate of drug-likeness (QED) is 0.795. The van der Waals surface area contributed by atoms with Gasteiger partial charge in [-0.15, -0.1) is 0 Å². The number of oxazole rings is 1. The number of morpholine rings is 1. The van der Waals surface area contributed by atoms with Crippen LogP contribution in [-0.2, 0) is 4.74 Å². The van der Waals surface area contributed by atoms with E-state index in [1.165, 1.54) is 0 Å². The minimum absolute atomic E-state index is 0.152. The van der Waals surface area contributed by atoms with Gasteiger partial charge in [-0.3, -0.25) is 0 Å². The third-order valence-electron chi connectivity index (χ3n) is 3.21. The first-order valence-corrected chi connectivity index (χ1v) is 7.54. The Hall–Kier alpha value is -1.07. The molecule has 2 heterocycles. The fourth-order valence-corrected chi connectivity index (χ4v) is 2.85. The van der Waals surface area contributed by atoms with Gasteiger partial charge in [0.1, 0.15) is 5.52 Å². The molecule has 0 amide bonds. The highest BCUT2D eigenvalue weighted by molar-refractivity contribution is 9.09. The molecule has 1 fully saturated rings. The Morgan fingerprint density at radius 2 is 2.21 bits per heavy atom. The summed E-state index contributed by atoms with van der Waals surface area (Å²) in [6.45, 7) is 5.76. The number of nitrogens with zero attached hydrogens (tertiary/aromatic N) is 2. The van der Waals surface area contributed by atoms with Crippen molar-refractivity contribution < 1.29 is 9.15 Å². The summed E-state index contributed by atoms with van der Waals surface area (Å²) in [4.78, 5) is 6.72. The van der Waals surface area contributed by atoms with Crippen LogP contribution in [-0.4, -0.2) is 35.1 Å². The summed E-state index contributed by atoms with van der Waals surface area (Å²) in [5, 5.41) is 0.813. The van der Waals surface area contributed by atoms with Crippen LogP contribution in [0.2, 0.25) is 0 Å². The standard InChI is InChI=1S/C14H17BrN2O2/c1-14(2)9-17(8-10(7-15)19-14)13-16-11-5-3-4-6-12(11)18-13/h3-6,10H,7-9H2,1-2H3. The number of rotatable bonds is 2. The molecule has 5 heteroatoms. The van der Waals surface area contributed by atoms with E-state index in [-0.39, 0.29) is 11.7 Å². The Balaban J connectivity index is 1.91. The van der Waals surface area contributed by atoms with Crippen LogP contribution in [0.3, 0.4) is 0 Å². The van der Waals surface area contributed by atoms with Gasteiger partial charge in [-0.2, -0.15) is 4.98 Å². The van der Waals surface area contributed by atoms with E-state index in [2.05, 4.69) is 39.7 Å². The van der Waals surface area contributed by atoms with E-state index in [1.54, 1.807) is 0 Å². The van der Waals surface area contributed by atoms with Gasteiger partial charge in [0.05, 0.1) is 18.2 Å². The highest BCUT2D eigenvalue weighted by atomic mass is 79.9. The van der Waals surface area contributed by atoms with Gasteiger partial charge < -0.3 is 14.1 Å². The van der Waals surface area contributed by atoms with E-state index in [1.807, 2.05) is 24.3 Å². The molecule has 0 radical (unpaired) electrons. The van der Waals surface area contributed by atoms with E-state index in [9.17, 15) is 0 Å². The summed E-state index contributed by atoms with van der Waals surface area (Å²) in [7, 11) is 0. The van der Waals surface area contributed by atoms with Gasteiger partial charge in [-0.25, -0.2) is 0 Å². The van der Waals surface area contributed by atoms with Crippen molar-refractivity contribution in [1.29, 1.82) is 0 Å². The van der Waals surface area contributed by atoms with Crippen molar-refractivity contribution in [1.82, 2.24) is 4.98 Å². The molecule has 0 saturated carbocycles. The largest absolute Gasteiger partial charge is 0.423 e. The van der Waals surface area contributed by atoms with Crippen molar-refractivity contribution >= 4 is 33.0 Å². The average Bonchev–Trinajstić information content (AvgIpc) is 2.80. The molecule has 0 aliphatic carbocycles. The van der Waals surface area contributed by atoms with Gasteiger partial charge in [0.15, 0.2) is 5.58 Å². The van der Waals surface area contributed by atoms with Gasteiger partial charge >= 0.3 is 0 Å². The van der Waals surface area contributed by atoms with Crippen molar-refractivity contribution in [2.45, 2.75) is 25.6 Å². The van der Waals surface area contributed by atoms with Crippen LogP contribution in [0.25, 0.3) is 11.1 Å². The van der Waals surface area contributed by atoms with Crippen LogP contribution < -0.4 is 4.90 Å². The smallest absolute Gasteiger partial charge is 0.298 e. The van der Waals surface area contributed by atoms with E-state index < -0.39 is 0 Å². The Kier molecular flexibility index (Phi) is 3.27. The third-order valence-corrected chi connectivity index (χ3v) is 3.93. The Morgan fingerprint density at radius 1 is 1.42 bits per heavy atom. The summed E-state index contributed by atoms with van der Waals surface area (Å²) in [5.74, 6) is 0. The lowest BCUT2D eigenvalue weighted by Gasteiger charge is -2.41. The number of aromatic nitrogens is 1. The molecule has 1 aliphatic rings. The molecule has 0 spiro atoms. The lowest BCUT2D eigenvalue weighted by molar-refractivity contribution is -0.0734. The maximum absolute atomic E-state index is 5.99. The lowest BCUT2D eigenvalue weighted by Crippen LogP contribution is -2.53. The fraction of sp³-hybridized carbons (Fsp3) is 0.500. The monoisotopic (exact) mass is 324 g/mol. The molecule has 1 aliphatic heterocycles. The van der Waals surface area contributed by atoms with Crippen LogP contribution >= 0.6 is 15.9 Å². The minimum atomic E-state index is -0.197. The normalized spacial score (nSPS) is 22.9. The summed E-state index contributed by atoms with van der Waals surface area (Å²) in [6.07, 6.45) is 0.152. The Morgan fingerprint density at radius 3 is 2.95 bits per heavy atom. The Labute approximate surface area is 120 Å². The van der Waals surface area contributed by atoms with E-state index in [0.29, 0.717) is 6.01 Å². The summed E-state index contributed by atoms with van der Waals surface area (Å²) in [5.41, 5.74) is 1.53. The van der Waals surface area contributed by atoms with Crippen LogP contribution in [0.5, 0.6) is 0 Å². The molecule has 4 nitrogen and oxygen atoms in total. The minimum Gasteiger partial charge on any atom is -0.423 e. The first-order valence-electron chi connectivity index (χ1n) is 6.42. The zero-order chi connectivity index (χ0) is 13.5. The van der Waals surface area contributed by atoms with Crippen molar-refractivity contribution in [3.63, 3.8) is 0 Å². The number of halogens is 1. The van der Waals surface area contributed by atoms with Crippen LogP contribution in [0.15, 0.2) is 28.7 Å². The number of fused-ring (bicyclic) bond motifs is 1. The maximum Gasteiger partial charge on any atom is 0.298 e. The average molecular weight is 325 g/mol. The summed E-state index contributed by atoms with van der Waals surface area (Å²) < 4.78 is 11.8. The van der Waals surface area contributed by atoms with E-state index in [4.69, 9.17) is 9.15 Å². The second-order valence-corrected chi connectivity index (χ2v) is 6.15. The fourth-order valence-electron chi connectivity index (χ4n) is 2.52.